The van der Waals surface area contributed by atoms with Crippen LogP contribution >= 0.6 is 0 Å². The Morgan fingerprint density at radius 2 is 2.00 bits per heavy atom. The Hall–Kier alpha value is -1.89. The van der Waals surface area contributed by atoms with Crippen molar-refractivity contribution in [2.45, 2.75) is 25.8 Å². The average molecular weight is 308 g/mol. The van der Waals surface area contributed by atoms with Crippen molar-refractivity contribution in [2.75, 3.05) is 11.5 Å². The molecule has 7 heteroatoms. The molecule has 1 fully saturated rings. The fourth-order valence-electron chi connectivity index (χ4n) is 3.02. The molecular weight excluding hydrogens is 292 g/mol. The molecule has 1 aromatic heterocycles. The van der Waals surface area contributed by atoms with E-state index in [0.717, 1.165) is 5.82 Å². The summed E-state index contributed by atoms with van der Waals surface area (Å²) in [5.41, 5.74) is 1.44. The summed E-state index contributed by atoms with van der Waals surface area (Å²) in [5.74, 6) is 0.0195. The summed E-state index contributed by atoms with van der Waals surface area (Å²) in [6.45, 7) is 1.83. The maximum Gasteiger partial charge on any atom is 0.337 e. The maximum atomic E-state index is 11.6. The van der Waals surface area contributed by atoms with Crippen molar-refractivity contribution in [3.05, 3.63) is 29.6 Å². The number of rotatable bonds is 2. The van der Waals surface area contributed by atoms with Crippen LogP contribution in [-0.2, 0) is 9.84 Å². The molecule has 112 valence electrons. The van der Waals surface area contributed by atoms with Gasteiger partial charge in [-0.1, -0.05) is 6.07 Å². The Morgan fingerprint density at radius 3 is 2.62 bits per heavy atom. The number of benzene rings is 1. The first kappa shape index (κ1) is 14.1. The molecular formula is C14H16N2O4S. The van der Waals surface area contributed by atoms with Gasteiger partial charge in [0.05, 0.1) is 28.1 Å². The SMILES string of the molecule is Cc1nc2cccc(C(=O)O)c2n1C1CCS(=O)(=O)CC1. The number of aromatic carboxylic acids is 1. The van der Waals surface area contributed by atoms with E-state index in [1.54, 1.807) is 18.2 Å². The van der Waals surface area contributed by atoms with Gasteiger partial charge in [0.1, 0.15) is 15.7 Å². The highest BCUT2D eigenvalue weighted by Crippen LogP contribution is 2.31. The minimum absolute atomic E-state index is 0.0148. The second-order valence-corrected chi connectivity index (χ2v) is 7.69. The van der Waals surface area contributed by atoms with Crippen LogP contribution in [0.3, 0.4) is 0 Å². The molecule has 0 aliphatic carbocycles. The quantitative estimate of drug-likeness (QED) is 0.913. The Bertz CT molecular complexity index is 809. The largest absolute Gasteiger partial charge is 0.478 e. The van der Waals surface area contributed by atoms with Gasteiger partial charge in [-0.05, 0) is 31.9 Å². The number of sulfone groups is 1. The molecule has 1 saturated heterocycles. The lowest BCUT2D eigenvalue weighted by molar-refractivity contribution is 0.0698. The van der Waals surface area contributed by atoms with Crippen molar-refractivity contribution in [3.8, 4) is 0 Å². The van der Waals surface area contributed by atoms with Crippen molar-refractivity contribution >= 4 is 26.8 Å². The lowest BCUT2D eigenvalue weighted by Crippen LogP contribution is -2.26. The molecule has 1 aromatic carbocycles. The summed E-state index contributed by atoms with van der Waals surface area (Å²) >= 11 is 0. The van der Waals surface area contributed by atoms with Crippen LogP contribution in [0.1, 0.15) is 35.1 Å². The van der Waals surface area contributed by atoms with E-state index in [1.807, 2.05) is 11.5 Å². The zero-order valence-corrected chi connectivity index (χ0v) is 12.4. The van der Waals surface area contributed by atoms with Gasteiger partial charge in [-0.3, -0.25) is 0 Å². The van der Waals surface area contributed by atoms with E-state index in [9.17, 15) is 18.3 Å². The Kier molecular flexibility index (Phi) is 3.24. The van der Waals surface area contributed by atoms with E-state index in [4.69, 9.17) is 0 Å². The fraction of sp³-hybridized carbons (Fsp3) is 0.429. The van der Waals surface area contributed by atoms with Crippen LogP contribution in [0.5, 0.6) is 0 Å². The van der Waals surface area contributed by atoms with Crippen LogP contribution < -0.4 is 0 Å². The summed E-state index contributed by atoms with van der Waals surface area (Å²) in [7, 11) is -2.95. The van der Waals surface area contributed by atoms with Crippen molar-refractivity contribution < 1.29 is 18.3 Å². The molecule has 2 heterocycles. The zero-order valence-electron chi connectivity index (χ0n) is 11.6. The summed E-state index contributed by atoms with van der Waals surface area (Å²) in [4.78, 5) is 15.8. The Labute approximate surface area is 122 Å². The number of aromatic nitrogens is 2. The third-order valence-corrected chi connectivity index (χ3v) is 5.72. The van der Waals surface area contributed by atoms with Crippen molar-refractivity contribution in [1.29, 1.82) is 0 Å². The maximum absolute atomic E-state index is 11.6. The van der Waals surface area contributed by atoms with Gasteiger partial charge in [0.2, 0.25) is 0 Å². The van der Waals surface area contributed by atoms with Crippen LogP contribution in [0, 0.1) is 6.92 Å². The number of hydrogen-bond acceptors (Lipinski definition) is 4. The number of nitrogens with zero attached hydrogens (tertiary/aromatic N) is 2. The number of carbonyl (C=O) groups is 1. The lowest BCUT2D eigenvalue weighted by Gasteiger charge is -2.25. The number of hydrogen-bond donors (Lipinski definition) is 1. The van der Waals surface area contributed by atoms with E-state index >= 15 is 0 Å². The summed E-state index contributed by atoms with van der Waals surface area (Å²) < 4.78 is 25.0. The molecule has 0 bridgehead atoms. The highest BCUT2D eigenvalue weighted by Gasteiger charge is 2.28. The van der Waals surface area contributed by atoms with Gasteiger partial charge in [0.15, 0.2) is 0 Å². The number of carboxylic acids is 1. The van der Waals surface area contributed by atoms with Crippen LogP contribution in [0.2, 0.25) is 0 Å². The summed E-state index contributed by atoms with van der Waals surface area (Å²) in [5, 5.41) is 9.36. The molecule has 1 aliphatic heterocycles. The minimum Gasteiger partial charge on any atom is -0.478 e. The number of carboxylic acid groups (broad SMARTS) is 1. The highest BCUT2D eigenvalue weighted by molar-refractivity contribution is 7.91. The average Bonchev–Trinajstić information content (AvgIpc) is 2.74. The molecule has 0 saturated carbocycles. The summed E-state index contributed by atoms with van der Waals surface area (Å²) in [6.07, 6.45) is 1.01. The molecule has 0 spiro atoms. The van der Waals surface area contributed by atoms with Crippen molar-refractivity contribution in [3.63, 3.8) is 0 Å². The van der Waals surface area contributed by atoms with E-state index in [2.05, 4.69) is 4.98 Å². The molecule has 1 N–H and O–H groups in total. The summed E-state index contributed by atoms with van der Waals surface area (Å²) in [6, 6.07) is 5.00. The van der Waals surface area contributed by atoms with E-state index in [-0.39, 0.29) is 23.1 Å². The molecule has 1 aliphatic rings. The monoisotopic (exact) mass is 308 g/mol. The van der Waals surface area contributed by atoms with Gasteiger partial charge in [0.25, 0.3) is 0 Å². The van der Waals surface area contributed by atoms with Crippen LogP contribution in [0.15, 0.2) is 18.2 Å². The van der Waals surface area contributed by atoms with Gasteiger partial charge in [0, 0.05) is 6.04 Å². The minimum atomic E-state index is -2.95. The van der Waals surface area contributed by atoms with E-state index in [0.29, 0.717) is 23.9 Å². The predicted molar refractivity (Wildman–Crippen MR) is 78.4 cm³/mol. The Balaban J connectivity index is 2.14. The molecule has 3 rings (SSSR count). The predicted octanol–water partition coefficient (Wildman–Crippen LogP) is 1.79. The highest BCUT2D eigenvalue weighted by atomic mass is 32.2. The molecule has 0 unspecified atom stereocenters. The van der Waals surface area contributed by atoms with E-state index < -0.39 is 15.8 Å². The standard InChI is InChI=1S/C14H16N2O4S/c1-9-15-12-4-2-3-11(14(17)18)13(12)16(9)10-5-7-21(19,20)8-6-10/h2-4,10H,5-8H2,1H3,(H,17,18). The lowest BCUT2D eigenvalue weighted by atomic mass is 10.1. The number of aryl methyl sites for hydroxylation is 1. The molecule has 0 radical (unpaired) electrons. The van der Waals surface area contributed by atoms with Gasteiger partial charge in [-0.15, -0.1) is 0 Å². The van der Waals surface area contributed by atoms with Crippen LogP contribution in [0.25, 0.3) is 11.0 Å². The number of imidazole rings is 1. The van der Waals surface area contributed by atoms with Gasteiger partial charge in [-0.25, -0.2) is 18.2 Å². The molecule has 6 nitrogen and oxygen atoms in total. The third-order valence-electron chi connectivity index (χ3n) is 4.01. The molecule has 2 aromatic rings. The third kappa shape index (κ3) is 2.42. The number of fused-ring (bicyclic) bond motifs is 1. The second-order valence-electron chi connectivity index (χ2n) is 5.39. The number of para-hydroxylation sites is 1. The van der Waals surface area contributed by atoms with Gasteiger partial charge in [-0.2, -0.15) is 0 Å². The zero-order chi connectivity index (χ0) is 15.2. The smallest absolute Gasteiger partial charge is 0.337 e. The first-order valence-corrected chi connectivity index (χ1v) is 8.62. The fourth-order valence-corrected chi connectivity index (χ4v) is 4.49. The molecule has 21 heavy (non-hydrogen) atoms. The first-order chi connectivity index (χ1) is 9.89. The van der Waals surface area contributed by atoms with Crippen molar-refractivity contribution in [2.24, 2.45) is 0 Å². The normalized spacial score (nSPS) is 18.9. The van der Waals surface area contributed by atoms with Gasteiger partial charge < -0.3 is 9.67 Å². The molecule has 0 amide bonds. The first-order valence-electron chi connectivity index (χ1n) is 6.80. The van der Waals surface area contributed by atoms with E-state index in [1.165, 1.54) is 0 Å². The molecule has 0 atom stereocenters. The van der Waals surface area contributed by atoms with Crippen molar-refractivity contribution in [1.82, 2.24) is 9.55 Å². The second kappa shape index (κ2) is 4.84. The van der Waals surface area contributed by atoms with Crippen LogP contribution in [-0.4, -0.2) is 40.6 Å². The topological polar surface area (TPSA) is 89.3 Å². The van der Waals surface area contributed by atoms with Gasteiger partial charge >= 0.3 is 5.97 Å². The van der Waals surface area contributed by atoms with Crippen LogP contribution in [0.4, 0.5) is 0 Å². The Morgan fingerprint density at radius 1 is 1.33 bits per heavy atom.